The summed E-state index contributed by atoms with van der Waals surface area (Å²) in [6.45, 7) is 1.07. The average molecular weight is 272 g/mol. The second kappa shape index (κ2) is 5.69. The monoisotopic (exact) mass is 272 g/mol. The third kappa shape index (κ3) is 2.77. The van der Waals surface area contributed by atoms with Crippen molar-refractivity contribution in [2.75, 3.05) is 6.61 Å². The number of fused-ring (bicyclic) bond motifs is 1. The predicted octanol–water partition coefficient (Wildman–Crippen LogP) is 2.60. The van der Waals surface area contributed by atoms with E-state index in [9.17, 15) is 4.79 Å². The maximum absolute atomic E-state index is 11.9. The highest BCUT2D eigenvalue weighted by molar-refractivity contribution is 5.74. The first-order valence-corrected chi connectivity index (χ1v) is 6.60. The van der Waals surface area contributed by atoms with Crippen LogP contribution in [0.25, 0.3) is 0 Å². The minimum Gasteiger partial charge on any atom is -0.493 e. The zero-order chi connectivity index (χ0) is 13.8. The van der Waals surface area contributed by atoms with Gasteiger partial charge in [0.15, 0.2) is 0 Å². The number of carbonyl (C=O) groups excluding carboxylic acids is 1. The van der Waals surface area contributed by atoms with E-state index >= 15 is 0 Å². The molecule has 0 bridgehead atoms. The smallest absolute Gasteiger partial charge is 0.315 e. The lowest BCUT2D eigenvalue weighted by atomic mass is 10.0. The molecular weight excluding hydrogens is 256 g/mol. The highest BCUT2D eigenvalue weighted by atomic mass is 16.5. The Morgan fingerprint density at radius 1 is 1.30 bits per heavy atom. The molecule has 0 unspecified atom stereocenters. The summed E-state index contributed by atoms with van der Waals surface area (Å²) in [6.07, 6.45) is 3.98. The number of para-hydroxylation sites is 1. The van der Waals surface area contributed by atoms with E-state index in [2.05, 4.69) is 10.6 Å². The highest BCUT2D eigenvalue weighted by Crippen LogP contribution is 2.31. The van der Waals surface area contributed by atoms with Gasteiger partial charge in [-0.25, -0.2) is 4.79 Å². The van der Waals surface area contributed by atoms with Crippen molar-refractivity contribution in [3.05, 3.63) is 54.0 Å². The maximum atomic E-state index is 11.9. The van der Waals surface area contributed by atoms with E-state index in [0.29, 0.717) is 13.2 Å². The Morgan fingerprint density at radius 3 is 3.05 bits per heavy atom. The number of urea groups is 1. The molecule has 0 saturated heterocycles. The SMILES string of the molecule is O=C(NCc1ccoc1)N[C@H]1CCOc2ccccc21. The van der Waals surface area contributed by atoms with E-state index in [-0.39, 0.29) is 12.1 Å². The van der Waals surface area contributed by atoms with Crippen molar-refractivity contribution in [2.24, 2.45) is 0 Å². The standard InChI is InChI=1S/C15H16N2O3/c18-15(16-9-11-5-7-19-10-11)17-13-6-8-20-14-4-2-1-3-12(13)14/h1-5,7,10,13H,6,8-9H2,(H2,16,17,18)/t13-/m0/s1. The van der Waals surface area contributed by atoms with Gasteiger partial charge >= 0.3 is 6.03 Å². The van der Waals surface area contributed by atoms with Crippen LogP contribution in [0.4, 0.5) is 4.79 Å². The van der Waals surface area contributed by atoms with Gasteiger partial charge in [-0.2, -0.15) is 0 Å². The first kappa shape index (κ1) is 12.6. The van der Waals surface area contributed by atoms with Gasteiger partial charge < -0.3 is 19.8 Å². The van der Waals surface area contributed by atoms with Crippen molar-refractivity contribution < 1.29 is 13.9 Å². The van der Waals surface area contributed by atoms with E-state index in [4.69, 9.17) is 9.15 Å². The largest absolute Gasteiger partial charge is 0.493 e. The fourth-order valence-corrected chi connectivity index (χ4v) is 2.28. The predicted molar refractivity (Wildman–Crippen MR) is 73.4 cm³/mol. The fourth-order valence-electron chi connectivity index (χ4n) is 2.28. The molecule has 2 aromatic rings. The van der Waals surface area contributed by atoms with Crippen LogP contribution in [-0.2, 0) is 6.54 Å². The van der Waals surface area contributed by atoms with E-state index in [1.54, 1.807) is 12.5 Å². The van der Waals surface area contributed by atoms with Crippen LogP contribution in [-0.4, -0.2) is 12.6 Å². The Balaban J connectivity index is 1.59. The number of hydrogen-bond acceptors (Lipinski definition) is 3. The Morgan fingerprint density at radius 2 is 2.20 bits per heavy atom. The summed E-state index contributed by atoms with van der Waals surface area (Å²) in [5.74, 6) is 0.846. The molecule has 0 radical (unpaired) electrons. The van der Waals surface area contributed by atoms with Crippen molar-refractivity contribution in [3.8, 4) is 5.75 Å². The van der Waals surface area contributed by atoms with Crippen molar-refractivity contribution in [1.82, 2.24) is 10.6 Å². The van der Waals surface area contributed by atoms with Crippen LogP contribution in [0.15, 0.2) is 47.3 Å². The van der Waals surface area contributed by atoms with Gasteiger partial charge in [0.25, 0.3) is 0 Å². The molecule has 2 amide bonds. The van der Waals surface area contributed by atoms with Gasteiger partial charge in [0.05, 0.1) is 25.2 Å². The van der Waals surface area contributed by atoms with Gasteiger partial charge in [0, 0.05) is 24.1 Å². The van der Waals surface area contributed by atoms with E-state index in [0.717, 1.165) is 23.3 Å². The lowest BCUT2D eigenvalue weighted by molar-refractivity contribution is 0.223. The van der Waals surface area contributed by atoms with E-state index < -0.39 is 0 Å². The molecule has 5 heteroatoms. The molecule has 1 aliphatic rings. The number of hydrogen-bond donors (Lipinski definition) is 2. The molecule has 20 heavy (non-hydrogen) atoms. The normalized spacial score (nSPS) is 16.9. The lowest BCUT2D eigenvalue weighted by Crippen LogP contribution is -2.39. The zero-order valence-electron chi connectivity index (χ0n) is 11.0. The molecule has 1 aliphatic heterocycles. The van der Waals surface area contributed by atoms with Gasteiger partial charge in [0.1, 0.15) is 5.75 Å². The Kier molecular flexibility index (Phi) is 3.58. The van der Waals surface area contributed by atoms with Gasteiger partial charge in [-0.3, -0.25) is 0 Å². The summed E-state index contributed by atoms with van der Waals surface area (Å²) >= 11 is 0. The van der Waals surface area contributed by atoms with Crippen molar-refractivity contribution in [1.29, 1.82) is 0 Å². The van der Waals surface area contributed by atoms with Crippen LogP contribution in [0.1, 0.15) is 23.6 Å². The molecule has 104 valence electrons. The quantitative estimate of drug-likeness (QED) is 0.902. The van der Waals surface area contributed by atoms with Crippen LogP contribution in [0.2, 0.25) is 0 Å². The number of furan rings is 1. The summed E-state index contributed by atoms with van der Waals surface area (Å²) in [4.78, 5) is 11.9. The molecule has 2 N–H and O–H groups in total. The Hall–Kier alpha value is -2.43. The number of benzene rings is 1. The van der Waals surface area contributed by atoms with Crippen LogP contribution in [0.3, 0.4) is 0 Å². The second-order valence-electron chi connectivity index (χ2n) is 4.69. The van der Waals surface area contributed by atoms with E-state index in [1.165, 1.54) is 0 Å². The Bertz CT molecular complexity index is 581. The van der Waals surface area contributed by atoms with Crippen molar-refractivity contribution in [2.45, 2.75) is 19.0 Å². The average Bonchev–Trinajstić information content (AvgIpc) is 2.99. The minimum absolute atomic E-state index is 0.00991. The lowest BCUT2D eigenvalue weighted by Gasteiger charge is -2.26. The Labute approximate surface area is 116 Å². The van der Waals surface area contributed by atoms with Crippen LogP contribution < -0.4 is 15.4 Å². The third-order valence-corrected chi connectivity index (χ3v) is 3.30. The van der Waals surface area contributed by atoms with Crippen molar-refractivity contribution in [3.63, 3.8) is 0 Å². The molecule has 1 aromatic heterocycles. The van der Waals surface area contributed by atoms with Crippen LogP contribution in [0, 0.1) is 0 Å². The number of nitrogens with one attached hydrogen (secondary N) is 2. The molecule has 0 fully saturated rings. The topological polar surface area (TPSA) is 63.5 Å². The molecule has 1 aromatic carbocycles. The second-order valence-corrected chi connectivity index (χ2v) is 4.69. The van der Waals surface area contributed by atoms with Gasteiger partial charge in [-0.1, -0.05) is 18.2 Å². The number of amides is 2. The zero-order valence-corrected chi connectivity index (χ0v) is 11.0. The summed E-state index contributed by atoms with van der Waals surface area (Å²) in [5.41, 5.74) is 1.96. The van der Waals surface area contributed by atoms with Crippen LogP contribution in [0.5, 0.6) is 5.75 Å². The van der Waals surface area contributed by atoms with Gasteiger partial charge in [-0.15, -0.1) is 0 Å². The first-order valence-electron chi connectivity index (χ1n) is 6.60. The summed E-state index contributed by atoms with van der Waals surface area (Å²) < 4.78 is 10.5. The maximum Gasteiger partial charge on any atom is 0.315 e. The fraction of sp³-hybridized carbons (Fsp3) is 0.267. The first-order chi connectivity index (χ1) is 9.83. The molecular formula is C15H16N2O3. The van der Waals surface area contributed by atoms with Crippen molar-refractivity contribution >= 4 is 6.03 Å². The number of ether oxygens (including phenoxy) is 1. The van der Waals surface area contributed by atoms with Gasteiger partial charge in [-0.05, 0) is 12.1 Å². The summed E-state index contributed by atoms with van der Waals surface area (Å²) in [6, 6.07) is 9.41. The molecule has 5 nitrogen and oxygen atoms in total. The molecule has 0 spiro atoms. The van der Waals surface area contributed by atoms with Gasteiger partial charge in [0.2, 0.25) is 0 Å². The highest BCUT2D eigenvalue weighted by Gasteiger charge is 2.22. The summed E-state index contributed by atoms with van der Waals surface area (Å²) in [5, 5.41) is 5.79. The molecule has 1 atom stereocenters. The van der Waals surface area contributed by atoms with E-state index in [1.807, 2.05) is 30.3 Å². The molecule has 2 heterocycles. The molecule has 3 rings (SSSR count). The molecule has 0 aliphatic carbocycles. The van der Waals surface area contributed by atoms with Crippen LogP contribution >= 0.6 is 0 Å². The summed E-state index contributed by atoms with van der Waals surface area (Å²) in [7, 11) is 0. The third-order valence-electron chi connectivity index (χ3n) is 3.30. The minimum atomic E-state index is -0.187. The molecule has 0 saturated carbocycles. The number of carbonyl (C=O) groups is 1. The number of rotatable bonds is 3.